The van der Waals surface area contributed by atoms with Crippen LogP contribution in [0.3, 0.4) is 0 Å². The molecule has 1 saturated heterocycles. The number of guanidine groups is 1. The first-order valence-corrected chi connectivity index (χ1v) is 13.9. The molecule has 0 radical (unpaired) electrons. The van der Waals surface area contributed by atoms with E-state index in [-0.39, 0.29) is 53.7 Å². The summed E-state index contributed by atoms with van der Waals surface area (Å²) in [6.07, 6.45) is 1.47. The maximum atomic E-state index is 13.2. The van der Waals surface area contributed by atoms with E-state index in [4.69, 9.17) is 28.5 Å². The summed E-state index contributed by atoms with van der Waals surface area (Å²) in [7, 11) is 0. The number of carbonyl (C=O) groups is 3. The summed E-state index contributed by atoms with van der Waals surface area (Å²) < 4.78 is 0. The van der Waals surface area contributed by atoms with Gasteiger partial charge in [-0.05, 0) is 35.7 Å². The van der Waals surface area contributed by atoms with E-state index in [1.165, 1.54) is 4.90 Å². The topological polar surface area (TPSA) is 207 Å². The van der Waals surface area contributed by atoms with Gasteiger partial charge in [-0.25, -0.2) is 4.79 Å². The van der Waals surface area contributed by atoms with Gasteiger partial charge in [0.1, 0.15) is 6.04 Å². The smallest absolute Gasteiger partial charge is 0.328 e. The number of rotatable bonds is 6. The number of H-pyrrole nitrogens is 1. The number of benzene rings is 2. The summed E-state index contributed by atoms with van der Waals surface area (Å²) in [5.74, 6) is -2.47. The molecule has 2 amide bonds. The molecule has 3 heterocycles. The third-order valence-corrected chi connectivity index (χ3v) is 8.11. The molecule has 0 bridgehead atoms. The first-order valence-electron chi connectivity index (χ1n) is 13.1. The SMILES string of the molecule is N#C/N=C(\NC[C@H](NC(=O)c1c(Cl)cc2c(c1Cl)CCN(C(=O)c1ccc3cn[nH]c3c1)C2)C(=O)O)N1C[C@@H](O)[C@@H](O)C1. The van der Waals surface area contributed by atoms with Crippen molar-refractivity contribution in [1.29, 1.82) is 5.26 Å². The molecule has 2 aromatic carbocycles. The van der Waals surface area contributed by atoms with E-state index in [1.807, 2.05) is 0 Å². The van der Waals surface area contributed by atoms with Crippen LogP contribution in [0.15, 0.2) is 35.5 Å². The molecule has 0 aliphatic carbocycles. The fourth-order valence-corrected chi connectivity index (χ4v) is 5.89. The van der Waals surface area contributed by atoms with Gasteiger partial charge in [0.25, 0.3) is 11.8 Å². The van der Waals surface area contributed by atoms with Gasteiger partial charge in [-0.2, -0.15) is 10.4 Å². The number of aliphatic hydroxyl groups excluding tert-OH is 2. The van der Waals surface area contributed by atoms with Crippen molar-refractivity contribution in [1.82, 2.24) is 30.6 Å². The first kappa shape index (κ1) is 30.1. The Hall–Kier alpha value is -4.42. The van der Waals surface area contributed by atoms with Crippen LogP contribution in [0.25, 0.3) is 10.9 Å². The Morgan fingerprint density at radius 3 is 2.63 bits per heavy atom. The normalized spacial score (nSPS) is 19.1. The number of hydrogen-bond donors (Lipinski definition) is 6. The molecular formula is C27H26Cl2N8O6. The number of aliphatic imine (C=N–C) groups is 1. The summed E-state index contributed by atoms with van der Waals surface area (Å²) in [5, 5.41) is 51.2. The number of nitriles is 1. The molecule has 1 aromatic heterocycles. The van der Waals surface area contributed by atoms with Crippen LogP contribution >= 0.6 is 23.2 Å². The maximum absolute atomic E-state index is 13.2. The van der Waals surface area contributed by atoms with Gasteiger partial charge in [0.2, 0.25) is 12.2 Å². The largest absolute Gasteiger partial charge is 0.480 e. The van der Waals surface area contributed by atoms with Crippen molar-refractivity contribution in [2.45, 2.75) is 31.2 Å². The molecule has 5 rings (SSSR count). The summed E-state index contributed by atoms with van der Waals surface area (Å²) in [6, 6.07) is 5.32. The molecule has 0 saturated carbocycles. The number of likely N-dealkylation sites (tertiary alicyclic amines) is 1. The second-order valence-electron chi connectivity index (χ2n) is 10.2. The van der Waals surface area contributed by atoms with Crippen molar-refractivity contribution < 1.29 is 29.7 Å². The first-order chi connectivity index (χ1) is 20.6. The Kier molecular flexibility index (Phi) is 8.69. The quantitative estimate of drug-likeness (QED) is 0.128. The zero-order valence-corrected chi connectivity index (χ0v) is 23.9. The third-order valence-electron chi connectivity index (χ3n) is 7.39. The van der Waals surface area contributed by atoms with Crippen LogP contribution in [-0.4, -0.2) is 103 Å². The summed E-state index contributed by atoms with van der Waals surface area (Å²) in [4.78, 5) is 45.1. The van der Waals surface area contributed by atoms with Crippen molar-refractivity contribution >= 4 is 57.8 Å². The van der Waals surface area contributed by atoms with Gasteiger partial charge in [0.15, 0.2) is 0 Å². The van der Waals surface area contributed by atoms with Crippen LogP contribution in [0.4, 0.5) is 0 Å². The highest BCUT2D eigenvalue weighted by Crippen LogP contribution is 2.35. The minimum Gasteiger partial charge on any atom is -0.480 e. The van der Waals surface area contributed by atoms with Gasteiger partial charge in [0.05, 0.1) is 39.5 Å². The molecule has 6 N–H and O–H groups in total. The van der Waals surface area contributed by atoms with Gasteiger partial charge in [-0.1, -0.05) is 29.3 Å². The second kappa shape index (κ2) is 12.4. The van der Waals surface area contributed by atoms with Gasteiger partial charge >= 0.3 is 5.97 Å². The van der Waals surface area contributed by atoms with Crippen molar-refractivity contribution in [3.63, 3.8) is 0 Å². The second-order valence-corrected chi connectivity index (χ2v) is 10.9. The van der Waals surface area contributed by atoms with Gasteiger partial charge in [-0.15, -0.1) is 4.99 Å². The lowest BCUT2D eigenvalue weighted by molar-refractivity contribution is -0.139. The highest BCUT2D eigenvalue weighted by molar-refractivity contribution is 6.40. The number of halogens is 2. The van der Waals surface area contributed by atoms with Crippen LogP contribution in [-0.2, 0) is 17.8 Å². The van der Waals surface area contributed by atoms with Crippen LogP contribution in [0.5, 0.6) is 0 Å². The van der Waals surface area contributed by atoms with E-state index in [0.717, 1.165) is 10.9 Å². The van der Waals surface area contributed by atoms with E-state index in [0.29, 0.717) is 29.7 Å². The molecule has 0 unspecified atom stereocenters. The van der Waals surface area contributed by atoms with Gasteiger partial charge in [-0.3, -0.25) is 14.7 Å². The summed E-state index contributed by atoms with van der Waals surface area (Å²) in [5.41, 5.74) is 2.42. The molecule has 2 aliphatic rings. The molecule has 1 fully saturated rings. The van der Waals surface area contributed by atoms with Crippen molar-refractivity contribution in [2.24, 2.45) is 4.99 Å². The van der Waals surface area contributed by atoms with Crippen LogP contribution in [0, 0.1) is 11.5 Å². The Morgan fingerprint density at radius 1 is 1.19 bits per heavy atom. The lowest BCUT2D eigenvalue weighted by atomic mass is 9.96. The van der Waals surface area contributed by atoms with E-state index >= 15 is 0 Å². The van der Waals surface area contributed by atoms with E-state index < -0.39 is 30.1 Å². The van der Waals surface area contributed by atoms with Crippen LogP contribution in [0.1, 0.15) is 31.8 Å². The molecule has 0 spiro atoms. The predicted molar refractivity (Wildman–Crippen MR) is 155 cm³/mol. The van der Waals surface area contributed by atoms with E-state index in [1.54, 1.807) is 41.6 Å². The standard InChI is InChI=1S/C27H26Cl2N8O6/c28-17-5-15-9-36(25(41)13-1-2-14-7-33-35-18(14)6-13)4-3-16(15)23(29)22(17)24(40)34-19(26(42)43)8-31-27(32-12-30)37-10-20(38)21(39)11-37/h1-2,5-7,19-21,38-39H,3-4,8-11H2,(H,31,32)(H,33,35)(H,34,40)(H,42,43)/t19-,20-,21+/m0/s1. The fourth-order valence-electron chi connectivity index (χ4n) is 5.12. The summed E-state index contributed by atoms with van der Waals surface area (Å²) >= 11 is 13.1. The number of aromatic amines is 1. The van der Waals surface area contributed by atoms with E-state index in [9.17, 15) is 29.7 Å². The van der Waals surface area contributed by atoms with Crippen LogP contribution in [0.2, 0.25) is 10.0 Å². The number of aliphatic carboxylic acids is 1. The molecule has 224 valence electrons. The number of nitrogens with one attached hydrogen (secondary N) is 3. The highest BCUT2D eigenvalue weighted by Gasteiger charge is 2.33. The molecule has 43 heavy (non-hydrogen) atoms. The minimum atomic E-state index is -1.49. The molecule has 14 nitrogen and oxygen atoms in total. The highest BCUT2D eigenvalue weighted by atomic mass is 35.5. The number of β-amino-alcohol motifs (C(OH)–C–C–N with tert-alkyl or cyclic N) is 2. The van der Waals surface area contributed by atoms with E-state index in [2.05, 4.69) is 25.8 Å². The van der Waals surface area contributed by atoms with Crippen LogP contribution < -0.4 is 10.6 Å². The Morgan fingerprint density at radius 2 is 1.93 bits per heavy atom. The number of carboxylic acid groups (broad SMARTS) is 1. The minimum absolute atomic E-state index is 0.0155. The monoisotopic (exact) mass is 628 g/mol. The van der Waals surface area contributed by atoms with Crippen molar-refractivity contribution in [3.8, 4) is 6.19 Å². The Bertz CT molecular complexity index is 1660. The molecule has 2 aliphatic heterocycles. The predicted octanol–water partition coefficient (Wildman–Crippen LogP) is 0.715. The number of amides is 2. The number of carbonyl (C=O) groups excluding carboxylic acids is 2. The molecule has 3 aromatic rings. The zero-order chi connectivity index (χ0) is 30.8. The van der Waals surface area contributed by atoms with Gasteiger partial charge in [0, 0.05) is 43.7 Å². The average molecular weight is 629 g/mol. The zero-order valence-electron chi connectivity index (χ0n) is 22.4. The van der Waals surface area contributed by atoms with Crippen molar-refractivity contribution in [2.75, 3.05) is 26.2 Å². The average Bonchev–Trinajstić information content (AvgIpc) is 3.58. The fraction of sp³-hybridized carbons (Fsp3) is 0.333. The molecular weight excluding hydrogens is 603 g/mol. The number of aliphatic hydroxyl groups is 2. The number of hydrogen-bond acceptors (Lipinski definition) is 8. The third kappa shape index (κ3) is 6.20. The number of aromatic nitrogens is 2. The summed E-state index contributed by atoms with van der Waals surface area (Å²) in [6.45, 7) is 0.103. The number of carboxylic acids is 1. The Balaban J connectivity index is 1.29. The number of nitrogens with zero attached hydrogens (tertiary/aromatic N) is 5. The molecule has 3 atom stereocenters. The van der Waals surface area contributed by atoms with Gasteiger partial charge < -0.3 is 35.8 Å². The van der Waals surface area contributed by atoms with Crippen molar-refractivity contribution in [3.05, 3.63) is 62.8 Å². The maximum Gasteiger partial charge on any atom is 0.328 e. The molecule has 16 heteroatoms. The number of fused-ring (bicyclic) bond motifs is 2. The Labute approximate surface area is 254 Å². The lowest BCUT2D eigenvalue weighted by Gasteiger charge is -2.30. The lowest BCUT2D eigenvalue weighted by Crippen LogP contribution is -2.51.